The van der Waals surface area contributed by atoms with Crippen LogP contribution in [0.1, 0.15) is 23.6 Å². The highest BCUT2D eigenvalue weighted by molar-refractivity contribution is 5.97. The van der Waals surface area contributed by atoms with E-state index in [9.17, 15) is 0 Å². The maximum Gasteiger partial charge on any atom is 0.0543 e. The third-order valence-electron chi connectivity index (χ3n) is 10.5. The van der Waals surface area contributed by atoms with Crippen LogP contribution in [0.2, 0.25) is 0 Å². The van der Waals surface area contributed by atoms with Gasteiger partial charge in [0.2, 0.25) is 0 Å². The zero-order valence-electron chi connectivity index (χ0n) is 28.6. The second kappa shape index (κ2) is 12.8. The summed E-state index contributed by atoms with van der Waals surface area (Å²) < 4.78 is 0. The molecule has 0 aliphatic heterocycles. The molecule has 1 unspecified atom stereocenters. The lowest BCUT2D eigenvalue weighted by molar-refractivity contribution is 0.714. The van der Waals surface area contributed by atoms with E-state index in [1.807, 2.05) is 0 Å². The van der Waals surface area contributed by atoms with E-state index in [0.717, 1.165) is 17.1 Å². The van der Waals surface area contributed by atoms with Crippen molar-refractivity contribution in [2.75, 3.05) is 4.90 Å². The van der Waals surface area contributed by atoms with Gasteiger partial charge in [-0.25, -0.2) is 0 Å². The highest BCUT2D eigenvalue weighted by atomic mass is 15.1. The Morgan fingerprint density at radius 1 is 0.353 bits per heavy atom. The zero-order valence-corrected chi connectivity index (χ0v) is 28.6. The molecule has 1 heteroatoms. The summed E-state index contributed by atoms with van der Waals surface area (Å²) in [6, 6.07) is 75.0. The van der Waals surface area contributed by atoms with Gasteiger partial charge >= 0.3 is 0 Å². The van der Waals surface area contributed by atoms with Crippen LogP contribution in [0.4, 0.5) is 17.1 Å². The Balaban J connectivity index is 1.32. The zero-order chi connectivity index (χ0) is 34.2. The summed E-state index contributed by atoms with van der Waals surface area (Å²) in [5.41, 5.74) is 16.7. The predicted molar refractivity (Wildman–Crippen MR) is 215 cm³/mol. The van der Waals surface area contributed by atoms with Crippen LogP contribution in [0.15, 0.2) is 206 Å². The Morgan fingerprint density at radius 2 is 0.824 bits per heavy atom. The summed E-state index contributed by atoms with van der Waals surface area (Å²) in [6.45, 7) is 2.39. The van der Waals surface area contributed by atoms with Crippen molar-refractivity contribution in [1.29, 1.82) is 0 Å². The molecule has 0 fully saturated rings. The number of hydrogen-bond acceptors (Lipinski definition) is 1. The van der Waals surface area contributed by atoms with Gasteiger partial charge in [-0.1, -0.05) is 170 Å². The van der Waals surface area contributed by atoms with Crippen molar-refractivity contribution in [2.45, 2.75) is 12.3 Å². The van der Waals surface area contributed by atoms with Gasteiger partial charge in [0.15, 0.2) is 0 Å². The minimum absolute atomic E-state index is 0.298. The van der Waals surface area contributed by atoms with Crippen molar-refractivity contribution in [3.05, 3.63) is 223 Å². The number of fused-ring (bicyclic) bond motifs is 3. The topological polar surface area (TPSA) is 3.24 Å². The second-order valence-corrected chi connectivity index (χ2v) is 13.5. The van der Waals surface area contributed by atoms with E-state index < -0.39 is 0 Å². The molecule has 0 saturated heterocycles. The SMILES string of the molecule is CC1(c2ccccc2)c2ccccc2-c2c(N(c3ccc(-c4ccccc4)cc3)c3cc(-c4ccccc4)cc(-c4ccccc4)c3)cccc21. The molecule has 1 nitrogen and oxygen atoms in total. The first-order chi connectivity index (χ1) is 25.2. The van der Waals surface area contributed by atoms with Crippen LogP contribution in [-0.4, -0.2) is 0 Å². The Morgan fingerprint density at radius 3 is 1.41 bits per heavy atom. The third kappa shape index (κ3) is 5.35. The smallest absolute Gasteiger partial charge is 0.0543 e. The quantitative estimate of drug-likeness (QED) is 0.166. The van der Waals surface area contributed by atoms with Crippen molar-refractivity contribution in [3.8, 4) is 44.5 Å². The molecule has 0 bridgehead atoms. The third-order valence-corrected chi connectivity index (χ3v) is 10.5. The lowest BCUT2D eigenvalue weighted by Gasteiger charge is -2.31. The van der Waals surface area contributed by atoms with E-state index in [0.29, 0.717) is 0 Å². The highest BCUT2D eigenvalue weighted by Gasteiger charge is 2.42. The van der Waals surface area contributed by atoms with Crippen LogP contribution in [0.25, 0.3) is 44.5 Å². The second-order valence-electron chi connectivity index (χ2n) is 13.5. The van der Waals surface area contributed by atoms with Crippen LogP contribution in [0.3, 0.4) is 0 Å². The van der Waals surface area contributed by atoms with Crippen LogP contribution in [-0.2, 0) is 5.41 Å². The summed E-state index contributed by atoms with van der Waals surface area (Å²) in [6.07, 6.45) is 0. The van der Waals surface area contributed by atoms with E-state index in [2.05, 4.69) is 218 Å². The maximum absolute atomic E-state index is 2.47. The van der Waals surface area contributed by atoms with Crippen LogP contribution in [0, 0.1) is 0 Å². The molecule has 0 N–H and O–H groups in total. The molecule has 0 amide bonds. The fraction of sp³-hybridized carbons (Fsp3) is 0.0400. The van der Waals surface area contributed by atoms with Gasteiger partial charge in [-0.3, -0.25) is 0 Å². The molecule has 0 aromatic heterocycles. The predicted octanol–water partition coefficient (Wildman–Crippen LogP) is 13.5. The molecule has 0 radical (unpaired) electrons. The first-order valence-electron chi connectivity index (χ1n) is 17.7. The molecule has 0 saturated carbocycles. The Bertz CT molecular complexity index is 2390. The van der Waals surface area contributed by atoms with E-state index in [1.54, 1.807) is 0 Å². The molecule has 51 heavy (non-hydrogen) atoms. The van der Waals surface area contributed by atoms with Crippen molar-refractivity contribution in [2.24, 2.45) is 0 Å². The molecule has 0 heterocycles. The van der Waals surface area contributed by atoms with Gasteiger partial charge in [-0.05, 0) is 99.0 Å². The first-order valence-corrected chi connectivity index (χ1v) is 17.7. The van der Waals surface area contributed by atoms with Gasteiger partial charge in [-0.2, -0.15) is 0 Å². The highest BCUT2D eigenvalue weighted by Crippen LogP contribution is 2.57. The van der Waals surface area contributed by atoms with Gasteiger partial charge in [-0.15, -0.1) is 0 Å². The molecule has 8 aromatic carbocycles. The molecular formula is C50H37N. The Hall–Kier alpha value is -6.44. The monoisotopic (exact) mass is 651 g/mol. The minimum Gasteiger partial charge on any atom is -0.310 e. The van der Waals surface area contributed by atoms with Crippen molar-refractivity contribution < 1.29 is 0 Å². The number of benzene rings is 8. The van der Waals surface area contributed by atoms with Crippen LogP contribution in [0.5, 0.6) is 0 Å². The van der Waals surface area contributed by atoms with Crippen molar-refractivity contribution in [1.82, 2.24) is 0 Å². The molecule has 0 spiro atoms. The maximum atomic E-state index is 2.47. The average Bonchev–Trinajstić information content (AvgIpc) is 3.49. The van der Waals surface area contributed by atoms with Gasteiger partial charge in [0.1, 0.15) is 0 Å². The summed E-state index contributed by atoms with van der Waals surface area (Å²) in [7, 11) is 0. The Labute approximate surface area is 300 Å². The Kier molecular flexibility index (Phi) is 7.67. The normalized spacial score (nSPS) is 14.5. The molecule has 8 aromatic rings. The van der Waals surface area contributed by atoms with Gasteiger partial charge in [0.25, 0.3) is 0 Å². The average molecular weight is 652 g/mol. The van der Waals surface area contributed by atoms with Gasteiger partial charge in [0, 0.05) is 22.4 Å². The lowest BCUT2D eigenvalue weighted by atomic mass is 9.74. The molecule has 242 valence electrons. The van der Waals surface area contributed by atoms with Crippen LogP contribution < -0.4 is 4.90 Å². The fourth-order valence-corrected chi connectivity index (χ4v) is 7.99. The molecule has 1 aliphatic carbocycles. The van der Waals surface area contributed by atoms with Gasteiger partial charge < -0.3 is 4.90 Å². The number of nitrogens with zero attached hydrogens (tertiary/aromatic N) is 1. The largest absolute Gasteiger partial charge is 0.310 e. The minimum atomic E-state index is -0.298. The number of hydrogen-bond donors (Lipinski definition) is 0. The number of anilines is 3. The molecule has 9 rings (SSSR count). The molecular weight excluding hydrogens is 615 g/mol. The van der Waals surface area contributed by atoms with Gasteiger partial charge in [0.05, 0.1) is 5.69 Å². The summed E-state index contributed by atoms with van der Waals surface area (Å²) >= 11 is 0. The summed E-state index contributed by atoms with van der Waals surface area (Å²) in [5, 5.41) is 0. The van der Waals surface area contributed by atoms with Crippen molar-refractivity contribution >= 4 is 17.1 Å². The molecule has 1 atom stereocenters. The lowest BCUT2D eigenvalue weighted by Crippen LogP contribution is -2.22. The number of rotatable bonds is 7. The van der Waals surface area contributed by atoms with E-state index in [4.69, 9.17) is 0 Å². The van der Waals surface area contributed by atoms with Crippen molar-refractivity contribution in [3.63, 3.8) is 0 Å². The molecule has 1 aliphatic rings. The van der Waals surface area contributed by atoms with E-state index in [1.165, 1.54) is 61.2 Å². The van der Waals surface area contributed by atoms with E-state index >= 15 is 0 Å². The first kappa shape index (κ1) is 30.6. The van der Waals surface area contributed by atoms with Crippen LogP contribution >= 0.6 is 0 Å². The standard InChI is InChI=1S/C50H37N/c1-50(42-23-12-5-13-24-42)46-26-15-14-25-45(46)49-47(50)27-16-28-48(49)51(43-31-29-39(30-32-43)36-17-6-2-7-18-36)44-34-40(37-19-8-3-9-20-37)33-41(35-44)38-21-10-4-11-22-38/h2-35H,1H3. The summed E-state index contributed by atoms with van der Waals surface area (Å²) in [4.78, 5) is 2.47. The van der Waals surface area contributed by atoms with E-state index in [-0.39, 0.29) is 5.41 Å². The fourth-order valence-electron chi connectivity index (χ4n) is 7.99. The summed E-state index contributed by atoms with van der Waals surface area (Å²) in [5.74, 6) is 0.